The van der Waals surface area contributed by atoms with Gasteiger partial charge in [-0.15, -0.1) is 0 Å². The molecule has 7 heteroatoms. The monoisotopic (exact) mass is 365 g/mol. The zero-order valence-corrected chi connectivity index (χ0v) is 14.5. The third-order valence-electron chi connectivity index (χ3n) is 4.11. The number of pyridine rings is 1. The van der Waals surface area contributed by atoms with Gasteiger partial charge in [-0.05, 0) is 28.9 Å². The largest absolute Gasteiger partial charge is 0.368 e. The van der Waals surface area contributed by atoms with Gasteiger partial charge in [0.1, 0.15) is 0 Å². The van der Waals surface area contributed by atoms with Crippen LogP contribution in [0.1, 0.15) is 31.6 Å². The van der Waals surface area contributed by atoms with Crippen molar-refractivity contribution in [2.45, 2.75) is 26.3 Å². The number of hydrogen-bond acceptors (Lipinski definition) is 6. The van der Waals surface area contributed by atoms with Crippen LogP contribution in [0.5, 0.6) is 0 Å². The van der Waals surface area contributed by atoms with Gasteiger partial charge in [0.15, 0.2) is 5.82 Å². The number of rotatable bonds is 4. The number of nitrogens with zero attached hydrogens (tertiary/aromatic N) is 5. The second-order valence-electron chi connectivity index (χ2n) is 5.43. The van der Waals surface area contributed by atoms with Crippen LogP contribution >= 0.6 is 15.9 Å². The molecule has 2 aromatic heterocycles. The summed E-state index contributed by atoms with van der Waals surface area (Å²) in [6.45, 7) is 8.05. The lowest BCUT2D eigenvalue weighted by atomic mass is 10.2. The highest BCUT2D eigenvalue weighted by atomic mass is 79.9. The highest BCUT2D eigenvalue weighted by Crippen LogP contribution is 2.27. The summed E-state index contributed by atoms with van der Waals surface area (Å²) in [5, 5.41) is 3.99. The minimum absolute atomic E-state index is 0.163. The predicted octanol–water partition coefficient (Wildman–Crippen LogP) is 2.67. The van der Waals surface area contributed by atoms with Crippen molar-refractivity contribution in [3.63, 3.8) is 0 Å². The van der Waals surface area contributed by atoms with Gasteiger partial charge in [-0.3, -0.25) is 9.88 Å². The van der Waals surface area contributed by atoms with E-state index in [0.717, 1.165) is 48.8 Å². The van der Waals surface area contributed by atoms with E-state index in [1.807, 2.05) is 19.3 Å². The maximum atomic E-state index is 5.37. The van der Waals surface area contributed by atoms with E-state index < -0.39 is 0 Å². The van der Waals surface area contributed by atoms with Crippen LogP contribution in [0.15, 0.2) is 27.5 Å². The van der Waals surface area contributed by atoms with Gasteiger partial charge in [0.25, 0.3) is 0 Å². The maximum Gasteiger partial charge on any atom is 0.243 e. The number of aromatic nitrogens is 3. The van der Waals surface area contributed by atoms with E-state index in [-0.39, 0.29) is 6.04 Å². The van der Waals surface area contributed by atoms with Crippen LogP contribution in [0, 0.1) is 0 Å². The molecule has 0 spiro atoms. The fraction of sp³-hybridized carbons (Fsp3) is 0.533. The van der Waals surface area contributed by atoms with E-state index in [9.17, 15) is 0 Å². The minimum Gasteiger partial charge on any atom is -0.368 e. The molecule has 3 rings (SSSR count). The molecule has 1 aliphatic heterocycles. The van der Waals surface area contributed by atoms with E-state index in [0.29, 0.717) is 0 Å². The van der Waals surface area contributed by atoms with Crippen LogP contribution in [0.25, 0.3) is 0 Å². The van der Waals surface area contributed by atoms with E-state index in [4.69, 9.17) is 4.52 Å². The highest BCUT2D eigenvalue weighted by Gasteiger charge is 2.26. The molecule has 1 atom stereocenters. The summed E-state index contributed by atoms with van der Waals surface area (Å²) in [6, 6.07) is 2.21. The topological polar surface area (TPSA) is 58.3 Å². The lowest BCUT2D eigenvalue weighted by molar-refractivity contribution is 0.164. The normalized spacial score (nSPS) is 17.7. The van der Waals surface area contributed by atoms with E-state index >= 15 is 0 Å². The number of aryl methyl sites for hydroxylation is 1. The molecule has 0 amide bonds. The van der Waals surface area contributed by atoms with Crippen LogP contribution in [0.4, 0.5) is 5.69 Å². The van der Waals surface area contributed by atoms with Gasteiger partial charge >= 0.3 is 0 Å². The van der Waals surface area contributed by atoms with Crippen molar-refractivity contribution in [1.82, 2.24) is 20.0 Å². The highest BCUT2D eigenvalue weighted by molar-refractivity contribution is 9.10. The van der Waals surface area contributed by atoms with Crippen LogP contribution in [-0.4, -0.2) is 46.2 Å². The zero-order valence-electron chi connectivity index (χ0n) is 12.9. The standard InChI is InChI=1S/C15H20BrN5O/c1-3-14-18-15(22-19-14)11(2)20-6-8-21(9-7-20)13-4-5-17-10-12(13)16/h4-5,10-11H,3,6-9H2,1-2H3. The van der Waals surface area contributed by atoms with Crippen molar-refractivity contribution >= 4 is 21.6 Å². The molecule has 1 aliphatic rings. The van der Waals surface area contributed by atoms with Gasteiger partial charge in [0.05, 0.1) is 16.2 Å². The molecule has 0 aromatic carbocycles. The first-order valence-corrected chi connectivity index (χ1v) is 8.39. The van der Waals surface area contributed by atoms with Crippen molar-refractivity contribution in [2.24, 2.45) is 0 Å². The van der Waals surface area contributed by atoms with Crippen LogP contribution < -0.4 is 4.90 Å². The first-order chi connectivity index (χ1) is 10.7. The molecule has 1 fully saturated rings. The number of hydrogen-bond donors (Lipinski definition) is 0. The van der Waals surface area contributed by atoms with Crippen molar-refractivity contribution in [2.75, 3.05) is 31.1 Å². The fourth-order valence-corrected chi connectivity index (χ4v) is 3.21. The summed E-state index contributed by atoms with van der Waals surface area (Å²) in [6.07, 6.45) is 4.48. The fourth-order valence-electron chi connectivity index (χ4n) is 2.71. The number of anilines is 1. The molecule has 6 nitrogen and oxygen atoms in total. The Bertz CT molecular complexity index is 624. The van der Waals surface area contributed by atoms with Crippen molar-refractivity contribution < 1.29 is 4.52 Å². The Balaban J connectivity index is 1.63. The average molecular weight is 366 g/mol. The molecule has 0 aliphatic carbocycles. The summed E-state index contributed by atoms with van der Waals surface area (Å²) in [4.78, 5) is 13.3. The minimum atomic E-state index is 0.163. The average Bonchev–Trinajstić information content (AvgIpc) is 3.04. The molecule has 22 heavy (non-hydrogen) atoms. The van der Waals surface area contributed by atoms with Gasteiger partial charge in [-0.1, -0.05) is 12.1 Å². The first kappa shape index (κ1) is 15.4. The Kier molecular flexibility index (Phi) is 4.73. The number of piperazine rings is 1. The smallest absolute Gasteiger partial charge is 0.243 e. The molecule has 118 valence electrons. The molecule has 0 saturated carbocycles. The summed E-state index contributed by atoms with van der Waals surface area (Å²) in [5.74, 6) is 1.50. The molecule has 3 heterocycles. The Morgan fingerprint density at radius 3 is 2.73 bits per heavy atom. The lowest BCUT2D eigenvalue weighted by Crippen LogP contribution is -2.47. The van der Waals surface area contributed by atoms with Crippen LogP contribution in [-0.2, 0) is 6.42 Å². The maximum absolute atomic E-state index is 5.37. The Hall–Kier alpha value is -1.47. The van der Waals surface area contributed by atoms with Gasteiger partial charge in [-0.25, -0.2) is 0 Å². The molecular weight excluding hydrogens is 346 g/mol. The first-order valence-electron chi connectivity index (χ1n) is 7.60. The van der Waals surface area contributed by atoms with Crippen molar-refractivity contribution in [3.05, 3.63) is 34.6 Å². The summed E-state index contributed by atoms with van der Waals surface area (Å²) >= 11 is 3.57. The Morgan fingerprint density at radius 2 is 2.09 bits per heavy atom. The van der Waals surface area contributed by atoms with Crippen LogP contribution in [0.2, 0.25) is 0 Å². The second-order valence-corrected chi connectivity index (χ2v) is 6.28. The molecule has 0 radical (unpaired) electrons. The van der Waals surface area contributed by atoms with Gasteiger partial charge in [0, 0.05) is 45.0 Å². The van der Waals surface area contributed by atoms with Crippen molar-refractivity contribution in [3.8, 4) is 0 Å². The summed E-state index contributed by atoms with van der Waals surface area (Å²) < 4.78 is 6.41. The van der Waals surface area contributed by atoms with Gasteiger partial charge < -0.3 is 9.42 Å². The molecule has 0 bridgehead atoms. The summed E-state index contributed by atoms with van der Waals surface area (Å²) in [7, 11) is 0. The Morgan fingerprint density at radius 1 is 1.32 bits per heavy atom. The van der Waals surface area contributed by atoms with Crippen LogP contribution in [0.3, 0.4) is 0 Å². The zero-order chi connectivity index (χ0) is 15.5. The predicted molar refractivity (Wildman–Crippen MR) is 87.8 cm³/mol. The molecular formula is C15H20BrN5O. The van der Waals surface area contributed by atoms with Gasteiger partial charge in [0.2, 0.25) is 5.89 Å². The molecule has 2 aromatic rings. The third-order valence-corrected chi connectivity index (χ3v) is 4.72. The van der Waals surface area contributed by atoms with E-state index in [1.165, 1.54) is 5.69 Å². The van der Waals surface area contributed by atoms with Crippen molar-refractivity contribution in [1.29, 1.82) is 0 Å². The number of halogens is 1. The second kappa shape index (κ2) is 6.75. The van der Waals surface area contributed by atoms with E-state index in [1.54, 1.807) is 0 Å². The summed E-state index contributed by atoms with van der Waals surface area (Å²) in [5.41, 5.74) is 1.20. The SMILES string of the molecule is CCc1noc(C(C)N2CCN(c3ccncc3Br)CC2)n1. The van der Waals surface area contributed by atoms with Gasteiger partial charge in [-0.2, -0.15) is 4.98 Å². The third kappa shape index (κ3) is 3.15. The Labute approximate surface area is 138 Å². The lowest BCUT2D eigenvalue weighted by Gasteiger charge is -2.38. The molecule has 0 N–H and O–H groups in total. The molecule has 1 unspecified atom stereocenters. The van der Waals surface area contributed by atoms with E-state index in [2.05, 4.69) is 53.8 Å². The molecule has 1 saturated heterocycles. The quantitative estimate of drug-likeness (QED) is 0.829.